The Hall–Kier alpha value is -4.91. The molecule has 0 atom stereocenters. The minimum Gasteiger partial charge on any atom is -0.456 e. The first-order chi connectivity index (χ1) is 21.4. The Bertz CT molecular complexity index is 1850. The Morgan fingerprint density at radius 3 is 1.91 bits per heavy atom. The summed E-state index contributed by atoms with van der Waals surface area (Å²) in [5, 5.41) is 0.929. The van der Waals surface area contributed by atoms with E-state index in [9.17, 15) is 4.79 Å². The second-order valence-electron chi connectivity index (χ2n) is 11.4. The molecule has 44 heavy (non-hydrogen) atoms. The van der Waals surface area contributed by atoms with Crippen LogP contribution in [-0.2, 0) is 5.54 Å². The lowest BCUT2D eigenvalue weighted by Gasteiger charge is -2.44. The highest BCUT2D eigenvalue weighted by atomic mass is 16.5. The largest absolute Gasteiger partial charge is 0.456 e. The normalized spacial score (nSPS) is 14.3. The highest BCUT2D eigenvalue weighted by Crippen LogP contribution is 2.59. The van der Waals surface area contributed by atoms with Gasteiger partial charge in [-0.1, -0.05) is 30.3 Å². The molecule has 1 spiro atoms. The quantitative estimate of drug-likeness (QED) is 0.196. The van der Waals surface area contributed by atoms with Crippen LogP contribution in [-0.4, -0.2) is 42.1 Å². The SMILES string of the molecule is CCN(CC)c1ccc2c(c1)Oc1cc(N(CC)CC)ccc1C21c2ccccc2C(=O)N1c1ccc2ccc(C)nc2n1. The number of rotatable bonds is 7. The zero-order chi connectivity index (χ0) is 30.6. The molecule has 0 saturated heterocycles. The third kappa shape index (κ3) is 3.99. The van der Waals surface area contributed by atoms with Crippen LogP contribution in [0.5, 0.6) is 11.5 Å². The minimum atomic E-state index is -0.995. The zero-order valence-corrected chi connectivity index (χ0v) is 26.0. The molecule has 0 fully saturated rings. The molecule has 0 radical (unpaired) electrons. The van der Waals surface area contributed by atoms with Gasteiger partial charge in [-0.15, -0.1) is 0 Å². The fourth-order valence-corrected chi connectivity index (χ4v) is 7.02. The molecular weight excluding hydrogens is 546 g/mol. The fraction of sp³-hybridized carbons (Fsp3) is 0.270. The molecule has 222 valence electrons. The van der Waals surface area contributed by atoms with Gasteiger partial charge in [-0.2, -0.15) is 0 Å². The van der Waals surface area contributed by atoms with E-state index >= 15 is 0 Å². The van der Waals surface area contributed by atoms with Crippen molar-refractivity contribution >= 4 is 34.1 Å². The van der Waals surface area contributed by atoms with Crippen molar-refractivity contribution in [3.63, 3.8) is 0 Å². The second kappa shape index (κ2) is 10.7. The monoisotopic (exact) mass is 583 g/mol. The number of hydrogen-bond donors (Lipinski definition) is 0. The van der Waals surface area contributed by atoms with E-state index in [-0.39, 0.29) is 5.91 Å². The van der Waals surface area contributed by atoms with Crippen LogP contribution < -0.4 is 19.4 Å². The smallest absolute Gasteiger partial charge is 0.261 e. The lowest BCUT2D eigenvalue weighted by Crippen LogP contribution is -2.48. The molecular formula is C37H37N5O2. The van der Waals surface area contributed by atoms with Gasteiger partial charge in [0.25, 0.3) is 5.91 Å². The molecule has 0 N–H and O–H groups in total. The van der Waals surface area contributed by atoms with Crippen LogP contribution in [0.4, 0.5) is 17.2 Å². The Morgan fingerprint density at radius 1 is 0.705 bits per heavy atom. The van der Waals surface area contributed by atoms with Crippen LogP contribution in [0.3, 0.4) is 0 Å². The van der Waals surface area contributed by atoms with Gasteiger partial charge in [0.1, 0.15) is 22.9 Å². The molecule has 2 aliphatic heterocycles. The van der Waals surface area contributed by atoms with E-state index in [4.69, 9.17) is 14.7 Å². The number of hydrogen-bond acceptors (Lipinski definition) is 6. The van der Waals surface area contributed by atoms with E-state index in [0.717, 1.165) is 76.8 Å². The number of ether oxygens (including phenoxy) is 1. The van der Waals surface area contributed by atoms with Crippen LogP contribution in [0.1, 0.15) is 60.4 Å². The molecule has 3 aromatic carbocycles. The molecule has 4 heterocycles. The number of fused-ring (bicyclic) bond motifs is 7. The summed E-state index contributed by atoms with van der Waals surface area (Å²) in [7, 11) is 0. The second-order valence-corrected chi connectivity index (χ2v) is 11.4. The molecule has 0 unspecified atom stereocenters. The number of aryl methyl sites for hydroxylation is 1. The first-order valence-electron chi connectivity index (χ1n) is 15.6. The predicted octanol–water partition coefficient (Wildman–Crippen LogP) is 7.69. The third-order valence-corrected chi connectivity index (χ3v) is 9.18. The first kappa shape index (κ1) is 27.9. The maximum atomic E-state index is 14.6. The molecule has 5 aromatic rings. The van der Waals surface area contributed by atoms with Crippen molar-refractivity contribution in [1.82, 2.24) is 9.97 Å². The molecule has 2 aliphatic rings. The molecule has 7 rings (SSSR count). The summed E-state index contributed by atoms with van der Waals surface area (Å²) in [6.07, 6.45) is 0. The maximum absolute atomic E-state index is 14.6. The molecule has 0 saturated carbocycles. The molecule has 0 bridgehead atoms. The Morgan fingerprint density at radius 2 is 1.30 bits per heavy atom. The number of benzene rings is 3. The maximum Gasteiger partial charge on any atom is 0.261 e. The average Bonchev–Trinajstić information content (AvgIpc) is 3.30. The van der Waals surface area contributed by atoms with Crippen molar-refractivity contribution in [3.8, 4) is 11.5 Å². The number of amides is 1. The van der Waals surface area contributed by atoms with Crippen LogP contribution in [0.2, 0.25) is 0 Å². The Kier molecular flexibility index (Phi) is 6.76. The highest BCUT2D eigenvalue weighted by molar-refractivity contribution is 6.14. The topological polar surface area (TPSA) is 61.8 Å². The molecule has 0 aliphatic carbocycles. The van der Waals surface area contributed by atoms with Crippen LogP contribution in [0, 0.1) is 6.92 Å². The van der Waals surface area contributed by atoms with E-state index in [0.29, 0.717) is 17.0 Å². The summed E-state index contributed by atoms with van der Waals surface area (Å²) in [5.41, 5.74) is 6.06. The molecule has 7 nitrogen and oxygen atoms in total. The van der Waals surface area contributed by atoms with Gasteiger partial charge in [0.05, 0.1) is 0 Å². The van der Waals surface area contributed by atoms with Crippen LogP contribution in [0.15, 0.2) is 84.9 Å². The van der Waals surface area contributed by atoms with Crippen LogP contribution in [0.25, 0.3) is 11.0 Å². The van der Waals surface area contributed by atoms with E-state index in [1.165, 1.54) is 0 Å². The van der Waals surface area contributed by atoms with E-state index < -0.39 is 5.54 Å². The van der Waals surface area contributed by atoms with Gasteiger partial charge in [-0.25, -0.2) is 9.97 Å². The first-order valence-corrected chi connectivity index (χ1v) is 15.6. The van der Waals surface area contributed by atoms with Crippen molar-refractivity contribution in [2.75, 3.05) is 40.9 Å². The van der Waals surface area contributed by atoms with E-state index in [1.54, 1.807) is 0 Å². The van der Waals surface area contributed by atoms with Crippen molar-refractivity contribution in [2.24, 2.45) is 0 Å². The van der Waals surface area contributed by atoms with Crippen LogP contribution >= 0.6 is 0 Å². The van der Waals surface area contributed by atoms with Gasteiger partial charge in [-0.3, -0.25) is 9.69 Å². The van der Waals surface area contributed by atoms with Gasteiger partial charge in [-0.05, 0) is 77.1 Å². The number of pyridine rings is 2. The fourth-order valence-electron chi connectivity index (χ4n) is 7.02. The lowest BCUT2D eigenvalue weighted by atomic mass is 9.74. The summed E-state index contributed by atoms with van der Waals surface area (Å²) < 4.78 is 6.82. The average molecular weight is 584 g/mol. The van der Waals surface area contributed by atoms with Gasteiger partial charge < -0.3 is 14.5 Å². The minimum absolute atomic E-state index is 0.0976. The summed E-state index contributed by atoms with van der Waals surface area (Å²) >= 11 is 0. The highest BCUT2D eigenvalue weighted by Gasteiger charge is 2.57. The number of carbonyl (C=O) groups is 1. The molecule has 1 amide bonds. The Balaban J connectivity index is 1.56. The summed E-state index contributed by atoms with van der Waals surface area (Å²) in [6, 6.07) is 28.7. The molecule has 7 heteroatoms. The van der Waals surface area contributed by atoms with Crippen molar-refractivity contribution in [3.05, 3.63) is 113 Å². The van der Waals surface area contributed by atoms with Crippen molar-refractivity contribution in [1.29, 1.82) is 0 Å². The Labute approximate surface area is 258 Å². The summed E-state index contributed by atoms with van der Waals surface area (Å²) in [6.45, 7) is 14.1. The van der Waals surface area contributed by atoms with Crippen molar-refractivity contribution < 1.29 is 9.53 Å². The van der Waals surface area contributed by atoms with Gasteiger partial charge in [0.2, 0.25) is 0 Å². The van der Waals surface area contributed by atoms with E-state index in [2.05, 4.69) is 80.0 Å². The number of nitrogens with zero attached hydrogens (tertiary/aromatic N) is 5. The van der Waals surface area contributed by atoms with Gasteiger partial charge in [0.15, 0.2) is 5.65 Å². The number of anilines is 3. The lowest BCUT2D eigenvalue weighted by molar-refractivity contribution is 0.0985. The standard InChI is InChI=1S/C37H37N5O2/c1-6-40(7-2)26-17-19-30-32(22-26)44-33-23-27(41(8-3)9-4)18-20-31(33)37(30)29-13-11-10-12-28(29)36(43)42(37)34-21-16-25-15-14-24(5)38-35(25)39-34/h10-23H,6-9H2,1-5H3. The predicted molar refractivity (Wildman–Crippen MR) is 177 cm³/mol. The summed E-state index contributed by atoms with van der Waals surface area (Å²) in [4.78, 5) is 30.9. The van der Waals surface area contributed by atoms with Crippen molar-refractivity contribution in [2.45, 2.75) is 40.2 Å². The number of aromatic nitrogens is 2. The zero-order valence-electron chi connectivity index (χ0n) is 26.0. The third-order valence-electron chi connectivity index (χ3n) is 9.18. The van der Waals surface area contributed by atoms with Gasteiger partial charge >= 0.3 is 0 Å². The van der Waals surface area contributed by atoms with E-state index in [1.807, 2.05) is 54.3 Å². The summed E-state index contributed by atoms with van der Waals surface area (Å²) in [5.74, 6) is 1.93. The number of carbonyl (C=O) groups excluding carboxylic acids is 1. The van der Waals surface area contributed by atoms with Gasteiger partial charge in [0, 0.05) is 83.0 Å². The molecule has 2 aromatic heterocycles.